The maximum atomic E-state index is 11.4. The molecule has 1 rings (SSSR count). The molecule has 15 heavy (non-hydrogen) atoms. The number of nitrogens with zero attached hydrogens (tertiary/aromatic N) is 1. The summed E-state index contributed by atoms with van der Waals surface area (Å²) in [6.07, 6.45) is 0.862. The second-order valence-electron chi connectivity index (χ2n) is 3.93. The minimum absolute atomic E-state index is 0.0431. The van der Waals surface area contributed by atoms with E-state index in [1.165, 1.54) is 5.56 Å². The lowest BCUT2D eigenvalue weighted by Crippen LogP contribution is -2.40. The molecular formula is C12H18N2O. The fourth-order valence-corrected chi connectivity index (χ4v) is 1.36. The Morgan fingerprint density at radius 1 is 1.33 bits per heavy atom. The molecule has 0 aromatic heterocycles. The van der Waals surface area contributed by atoms with Crippen molar-refractivity contribution in [1.29, 1.82) is 0 Å². The predicted molar refractivity (Wildman–Crippen MR) is 61.8 cm³/mol. The van der Waals surface area contributed by atoms with Crippen LogP contribution in [0.25, 0.3) is 0 Å². The SMILES string of the molecule is CC(Cc1ccccc1)NC(=O)N(C)C. The van der Waals surface area contributed by atoms with E-state index in [9.17, 15) is 4.79 Å². The van der Waals surface area contributed by atoms with E-state index in [0.717, 1.165) is 6.42 Å². The highest BCUT2D eigenvalue weighted by atomic mass is 16.2. The van der Waals surface area contributed by atoms with Gasteiger partial charge in [-0.2, -0.15) is 0 Å². The van der Waals surface area contributed by atoms with Crippen molar-refractivity contribution >= 4 is 6.03 Å². The second-order valence-corrected chi connectivity index (χ2v) is 3.93. The summed E-state index contributed by atoms with van der Waals surface area (Å²) in [5.74, 6) is 0. The second kappa shape index (κ2) is 5.39. The molecule has 3 heteroatoms. The van der Waals surface area contributed by atoms with Crippen LogP contribution in [-0.2, 0) is 6.42 Å². The fraction of sp³-hybridized carbons (Fsp3) is 0.417. The molecule has 0 saturated carbocycles. The van der Waals surface area contributed by atoms with Crippen LogP contribution < -0.4 is 5.32 Å². The molecule has 0 bridgehead atoms. The third kappa shape index (κ3) is 4.02. The van der Waals surface area contributed by atoms with Crippen LogP contribution in [-0.4, -0.2) is 31.1 Å². The van der Waals surface area contributed by atoms with E-state index in [0.29, 0.717) is 0 Å². The molecule has 1 unspecified atom stereocenters. The van der Waals surface area contributed by atoms with Crippen LogP contribution >= 0.6 is 0 Å². The molecule has 2 amide bonds. The zero-order chi connectivity index (χ0) is 11.3. The first-order chi connectivity index (χ1) is 7.09. The van der Waals surface area contributed by atoms with Crippen LogP contribution in [0.15, 0.2) is 30.3 Å². The summed E-state index contributed by atoms with van der Waals surface area (Å²) in [5.41, 5.74) is 1.24. The molecule has 0 aliphatic rings. The summed E-state index contributed by atoms with van der Waals surface area (Å²) in [7, 11) is 3.48. The van der Waals surface area contributed by atoms with Crippen LogP contribution in [0.5, 0.6) is 0 Å². The van der Waals surface area contributed by atoms with Crippen molar-refractivity contribution in [3.05, 3.63) is 35.9 Å². The van der Waals surface area contributed by atoms with Crippen molar-refractivity contribution in [2.75, 3.05) is 14.1 Å². The maximum absolute atomic E-state index is 11.4. The minimum Gasteiger partial charge on any atom is -0.335 e. The molecular weight excluding hydrogens is 188 g/mol. The summed E-state index contributed by atoms with van der Waals surface area (Å²) in [4.78, 5) is 12.9. The first-order valence-electron chi connectivity index (χ1n) is 5.11. The van der Waals surface area contributed by atoms with Gasteiger partial charge in [0.15, 0.2) is 0 Å². The lowest BCUT2D eigenvalue weighted by atomic mass is 10.1. The number of rotatable bonds is 3. The summed E-state index contributed by atoms with van der Waals surface area (Å²) in [6, 6.07) is 10.3. The van der Waals surface area contributed by atoms with Gasteiger partial charge in [-0.05, 0) is 18.9 Å². The van der Waals surface area contributed by atoms with Crippen LogP contribution in [0.2, 0.25) is 0 Å². The van der Waals surface area contributed by atoms with Gasteiger partial charge in [-0.1, -0.05) is 30.3 Å². The van der Waals surface area contributed by atoms with Crippen molar-refractivity contribution < 1.29 is 4.79 Å². The minimum atomic E-state index is -0.0431. The van der Waals surface area contributed by atoms with Gasteiger partial charge in [-0.15, -0.1) is 0 Å². The number of carbonyl (C=O) groups excluding carboxylic acids is 1. The highest BCUT2D eigenvalue weighted by Gasteiger charge is 2.08. The normalized spacial score (nSPS) is 11.9. The maximum Gasteiger partial charge on any atom is 0.317 e. The van der Waals surface area contributed by atoms with Crippen LogP contribution in [0.1, 0.15) is 12.5 Å². The molecule has 1 aromatic carbocycles. The molecule has 1 N–H and O–H groups in total. The van der Waals surface area contributed by atoms with Crippen molar-refractivity contribution in [2.45, 2.75) is 19.4 Å². The van der Waals surface area contributed by atoms with Gasteiger partial charge in [0, 0.05) is 20.1 Å². The Morgan fingerprint density at radius 3 is 2.47 bits per heavy atom. The number of benzene rings is 1. The molecule has 0 aliphatic carbocycles. The Kier molecular flexibility index (Phi) is 4.16. The average molecular weight is 206 g/mol. The number of nitrogens with one attached hydrogen (secondary N) is 1. The molecule has 82 valence electrons. The topological polar surface area (TPSA) is 32.3 Å². The van der Waals surface area contributed by atoms with Crippen molar-refractivity contribution in [2.24, 2.45) is 0 Å². The van der Waals surface area contributed by atoms with Crippen molar-refractivity contribution in [3.8, 4) is 0 Å². The van der Waals surface area contributed by atoms with Crippen LogP contribution in [0.4, 0.5) is 4.79 Å². The van der Waals surface area contributed by atoms with Gasteiger partial charge in [0.2, 0.25) is 0 Å². The zero-order valence-corrected chi connectivity index (χ0v) is 9.53. The first kappa shape index (κ1) is 11.6. The molecule has 0 aliphatic heterocycles. The first-order valence-corrected chi connectivity index (χ1v) is 5.11. The Hall–Kier alpha value is -1.51. The number of carbonyl (C=O) groups is 1. The van der Waals surface area contributed by atoms with E-state index in [1.807, 2.05) is 25.1 Å². The lowest BCUT2D eigenvalue weighted by Gasteiger charge is -2.17. The highest BCUT2D eigenvalue weighted by Crippen LogP contribution is 2.02. The van der Waals surface area contributed by atoms with Gasteiger partial charge in [0.25, 0.3) is 0 Å². The third-order valence-electron chi connectivity index (χ3n) is 2.16. The van der Waals surface area contributed by atoms with Crippen LogP contribution in [0, 0.1) is 0 Å². The van der Waals surface area contributed by atoms with Gasteiger partial charge in [0.05, 0.1) is 0 Å². The molecule has 1 atom stereocenters. The summed E-state index contributed by atoms with van der Waals surface area (Å²) < 4.78 is 0. The van der Waals surface area contributed by atoms with Gasteiger partial charge in [-0.25, -0.2) is 4.79 Å². The smallest absolute Gasteiger partial charge is 0.317 e. The lowest BCUT2D eigenvalue weighted by molar-refractivity contribution is 0.214. The van der Waals surface area contributed by atoms with Gasteiger partial charge < -0.3 is 10.2 Å². The third-order valence-corrected chi connectivity index (χ3v) is 2.16. The molecule has 0 spiro atoms. The Morgan fingerprint density at radius 2 is 1.93 bits per heavy atom. The van der Waals surface area contributed by atoms with Gasteiger partial charge in [-0.3, -0.25) is 0 Å². The van der Waals surface area contributed by atoms with Gasteiger partial charge in [0.1, 0.15) is 0 Å². The van der Waals surface area contributed by atoms with Crippen molar-refractivity contribution in [1.82, 2.24) is 10.2 Å². The summed E-state index contributed by atoms with van der Waals surface area (Å²) >= 11 is 0. The standard InChI is InChI=1S/C12H18N2O/c1-10(13-12(15)14(2)3)9-11-7-5-4-6-8-11/h4-8,10H,9H2,1-3H3,(H,13,15). The van der Waals surface area contributed by atoms with E-state index in [-0.39, 0.29) is 12.1 Å². The fourth-order valence-electron chi connectivity index (χ4n) is 1.36. The Labute approximate surface area is 91.1 Å². The summed E-state index contributed by atoms with van der Waals surface area (Å²) in [6.45, 7) is 2.01. The largest absolute Gasteiger partial charge is 0.335 e. The van der Waals surface area contributed by atoms with E-state index in [4.69, 9.17) is 0 Å². The molecule has 0 heterocycles. The zero-order valence-electron chi connectivity index (χ0n) is 9.53. The van der Waals surface area contributed by atoms with Crippen LogP contribution in [0.3, 0.4) is 0 Å². The molecule has 0 saturated heterocycles. The number of hydrogen-bond donors (Lipinski definition) is 1. The Bertz CT molecular complexity index is 309. The quantitative estimate of drug-likeness (QED) is 0.804. The van der Waals surface area contributed by atoms with E-state index in [2.05, 4.69) is 17.4 Å². The molecule has 1 aromatic rings. The highest BCUT2D eigenvalue weighted by molar-refractivity contribution is 5.73. The average Bonchev–Trinajstić information content (AvgIpc) is 2.18. The predicted octanol–water partition coefficient (Wildman–Crippen LogP) is 1.89. The molecule has 3 nitrogen and oxygen atoms in total. The summed E-state index contributed by atoms with van der Waals surface area (Å²) in [5, 5.41) is 2.91. The van der Waals surface area contributed by atoms with Crippen molar-refractivity contribution in [3.63, 3.8) is 0 Å². The molecule has 0 radical (unpaired) electrons. The van der Waals surface area contributed by atoms with Gasteiger partial charge >= 0.3 is 6.03 Å². The number of hydrogen-bond acceptors (Lipinski definition) is 1. The number of amides is 2. The monoisotopic (exact) mass is 206 g/mol. The number of urea groups is 1. The van der Waals surface area contributed by atoms with E-state index < -0.39 is 0 Å². The van der Waals surface area contributed by atoms with E-state index in [1.54, 1.807) is 19.0 Å². The molecule has 0 fully saturated rings. The Balaban J connectivity index is 2.43. The van der Waals surface area contributed by atoms with E-state index >= 15 is 0 Å².